The lowest BCUT2D eigenvalue weighted by molar-refractivity contribution is 0.0501. The van der Waals surface area contributed by atoms with Gasteiger partial charge in [0.25, 0.3) is 0 Å². The molecule has 132 valence electrons. The zero-order valence-electron chi connectivity index (χ0n) is 14.6. The fraction of sp³-hybridized carbons (Fsp3) is 0.300. The number of benzene rings is 2. The van der Waals surface area contributed by atoms with Crippen LogP contribution in [0.15, 0.2) is 54.6 Å². The highest BCUT2D eigenvalue weighted by Crippen LogP contribution is 2.20. The van der Waals surface area contributed by atoms with E-state index in [1.54, 1.807) is 20.8 Å². The van der Waals surface area contributed by atoms with Crippen molar-refractivity contribution in [1.29, 1.82) is 0 Å². The summed E-state index contributed by atoms with van der Waals surface area (Å²) < 4.78 is 18.3. The van der Waals surface area contributed by atoms with E-state index < -0.39 is 23.6 Å². The van der Waals surface area contributed by atoms with Gasteiger partial charge in [0, 0.05) is 12.0 Å². The van der Waals surface area contributed by atoms with Crippen molar-refractivity contribution in [2.24, 2.45) is 0 Å². The largest absolute Gasteiger partial charge is 0.444 e. The SMILES string of the molecule is CC(C)(C)OC(=O)N[C@H](CC(=O)c1ccc(F)cc1)c1ccccc1. The van der Waals surface area contributed by atoms with Crippen LogP contribution in [0.2, 0.25) is 0 Å². The highest BCUT2D eigenvalue weighted by atomic mass is 19.1. The quantitative estimate of drug-likeness (QED) is 0.803. The number of alkyl carbamates (subject to hydrolysis) is 1. The average molecular weight is 343 g/mol. The van der Waals surface area contributed by atoms with Crippen molar-refractivity contribution < 1.29 is 18.7 Å². The molecule has 0 aliphatic heterocycles. The molecule has 0 spiro atoms. The summed E-state index contributed by atoms with van der Waals surface area (Å²) in [6, 6.07) is 14.0. The monoisotopic (exact) mass is 343 g/mol. The fourth-order valence-corrected chi connectivity index (χ4v) is 2.33. The van der Waals surface area contributed by atoms with Crippen molar-refractivity contribution in [3.63, 3.8) is 0 Å². The van der Waals surface area contributed by atoms with Crippen molar-refractivity contribution in [1.82, 2.24) is 5.32 Å². The van der Waals surface area contributed by atoms with Crippen molar-refractivity contribution in [2.75, 3.05) is 0 Å². The van der Waals surface area contributed by atoms with Crippen LogP contribution in [0, 0.1) is 5.82 Å². The van der Waals surface area contributed by atoms with Crippen LogP contribution in [0.5, 0.6) is 0 Å². The molecule has 4 nitrogen and oxygen atoms in total. The smallest absolute Gasteiger partial charge is 0.408 e. The molecule has 2 aromatic rings. The van der Waals surface area contributed by atoms with E-state index in [9.17, 15) is 14.0 Å². The molecule has 2 rings (SSSR count). The first-order chi connectivity index (χ1) is 11.7. The normalized spacial score (nSPS) is 12.3. The van der Waals surface area contributed by atoms with Gasteiger partial charge in [0.15, 0.2) is 5.78 Å². The molecule has 1 N–H and O–H groups in total. The maximum absolute atomic E-state index is 13.0. The van der Waals surface area contributed by atoms with Gasteiger partial charge in [-0.05, 0) is 50.6 Å². The molecule has 0 fully saturated rings. The number of hydrogen-bond donors (Lipinski definition) is 1. The molecule has 0 unspecified atom stereocenters. The van der Waals surface area contributed by atoms with E-state index in [1.165, 1.54) is 24.3 Å². The molecule has 0 saturated heterocycles. The molecule has 0 aliphatic carbocycles. The maximum Gasteiger partial charge on any atom is 0.408 e. The number of amides is 1. The summed E-state index contributed by atoms with van der Waals surface area (Å²) >= 11 is 0. The van der Waals surface area contributed by atoms with Gasteiger partial charge in [0.2, 0.25) is 0 Å². The Morgan fingerprint density at radius 2 is 1.64 bits per heavy atom. The highest BCUT2D eigenvalue weighted by molar-refractivity contribution is 5.96. The third-order valence-electron chi connectivity index (χ3n) is 3.45. The van der Waals surface area contributed by atoms with Crippen LogP contribution in [-0.2, 0) is 4.74 Å². The molecule has 0 bridgehead atoms. The van der Waals surface area contributed by atoms with E-state index in [4.69, 9.17) is 4.74 Å². The zero-order valence-corrected chi connectivity index (χ0v) is 14.6. The van der Waals surface area contributed by atoms with Crippen LogP contribution in [-0.4, -0.2) is 17.5 Å². The summed E-state index contributed by atoms with van der Waals surface area (Å²) in [5.41, 5.74) is 0.559. The Bertz CT molecular complexity index is 721. The number of halogens is 1. The molecule has 1 atom stereocenters. The number of ether oxygens (including phenoxy) is 1. The number of nitrogens with one attached hydrogen (secondary N) is 1. The van der Waals surface area contributed by atoms with Crippen LogP contribution < -0.4 is 5.32 Å². The van der Waals surface area contributed by atoms with Crippen LogP contribution in [0.25, 0.3) is 0 Å². The van der Waals surface area contributed by atoms with Gasteiger partial charge in [0.1, 0.15) is 11.4 Å². The second kappa shape index (κ2) is 7.92. The van der Waals surface area contributed by atoms with Gasteiger partial charge < -0.3 is 10.1 Å². The van der Waals surface area contributed by atoms with E-state index in [0.717, 1.165) is 5.56 Å². The number of Topliss-reactive ketones (excluding diaryl/α,β-unsaturated/α-hetero) is 1. The van der Waals surface area contributed by atoms with E-state index >= 15 is 0 Å². The Hall–Kier alpha value is -2.69. The number of hydrogen-bond acceptors (Lipinski definition) is 3. The van der Waals surface area contributed by atoms with Crippen molar-refractivity contribution in [3.8, 4) is 0 Å². The molecule has 0 heterocycles. The summed E-state index contributed by atoms with van der Waals surface area (Å²) in [7, 11) is 0. The summed E-state index contributed by atoms with van der Waals surface area (Å²) in [6.07, 6.45) is -0.539. The Kier molecular flexibility index (Phi) is 5.91. The predicted molar refractivity (Wildman–Crippen MR) is 93.9 cm³/mol. The Morgan fingerprint density at radius 3 is 2.20 bits per heavy atom. The van der Waals surface area contributed by atoms with Crippen LogP contribution in [0.4, 0.5) is 9.18 Å². The molecular weight excluding hydrogens is 321 g/mol. The second-order valence-electron chi connectivity index (χ2n) is 6.74. The number of carbonyl (C=O) groups is 2. The van der Waals surface area contributed by atoms with Crippen molar-refractivity contribution >= 4 is 11.9 Å². The minimum absolute atomic E-state index is 0.0505. The van der Waals surface area contributed by atoms with Gasteiger partial charge in [-0.3, -0.25) is 4.79 Å². The molecule has 2 aromatic carbocycles. The molecule has 5 heteroatoms. The van der Waals surface area contributed by atoms with Gasteiger partial charge in [-0.25, -0.2) is 9.18 Å². The molecule has 25 heavy (non-hydrogen) atoms. The molecule has 0 aliphatic rings. The molecule has 0 aromatic heterocycles. The third kappa shape index (κ3) is 6.03. The topological polar surface area (TPSA) is 55.4 Å². The molecule has 0 radical (unpaired) electrons. The van der Waals surface area contributed by atoms with E-state index in [2.05, 4.69) is 5.32 Å². The minimum Gasteiger partial charge on any atom is -0.444 e. The van der Waals surface area contributed by atoms with Gasteiger partial charge in [-0.2, -0.15) is 0 Å². The Labute approximate surface area is 147 Å². The van der Waals surface area contributed by atoms with Gasteiger partial charge >= 0.3 is 6.09 Å². The number of rotatable bonds is 5. The maximum atomic E-state index is 13.0. The van der Waals surface area contributed by atoms with Gasteiger partial charge in [-0.15, -0.1) is 0 Å². The van der Waals surface area contributed by atoms with Gasteiger partial charge in [-0.1, -0.05) is 30.3 Å². The predicted octanol–water partition coefficient (Wildman–Crippen LogP) is 4.66. The first kappa shape index (κ1) is 18.6. The first-order valence-electron chi connectivity index (χ1n) is 8.08. The summed E-state index contributed by atoms with van der Waals surface area (Å²) in [5.74, 6) is -0.590. The van der Waals surface area contributed by atoms with E-state index in [-0.39, 0.29) is 12.2 Å². The number of carbonyl (C=O) groups excluding carboxylic acids is 2. The lowest BCUT2D eigenvalue weighted by Crippen LogP contribution is -2.35. The Morgan fingerprint density at radius 1 is 1.04 bits per heavy atom. The summed E-state index contributed by atoms with van der Waals surface area (Å²) in [6.45, 7) is 5.31. The zero-order chi connectivity index (χ0) is 18.4. The molecule has 0 saturated carbocycles. The van der Waals surface area contributed by atoms with Crippen LogP contribution in [0.1, 0.15) is 49.2 Å². The highest BCUT2D eigenvalue weighted by Gasteiger charge is 2.23. The lowest BCUT2D eigenvalue weighted by Gasteiger charge is -2.23. The lowest BCUT2D eigenvalue weighted by atomic mass is 9.98. The molecule has 1 amide bonds. The van der Waals surface area contributed by atoms with Gasteiger partial charge in [0.05, 0.1) is 6.04 Å². The summed E-state index contributed by atoms with van der Waals surface area (Å²) in [4.78, 5) is 24.6. The Balaban J connectivity index is 2.16. The van der Waals surface area contributed by atoms with E-state index in [1.807, 2.05) is 30.3 Å². The average Bonchev–Trinajstić information content (AvgIpc) is 2.54. The number of ketones is 1. The van der Waals surface area contributed by atoms with Crippen LogP contribution >= 0.6 is 0 Å². The second-order valence-corrected chi connectivity index (χ2v) is 6.74. The molecular formula is C20H22FNO3. The fourth-order valence-electron chi connectivity index (χ4n) is 2.33. The minimum atomic E-state index is -0.633. The standard InChI is InChI=1S/C20H22FNO3/c1-20(2,3)25-19(24)22-17(14-7-5-4-6-8-14)13-18(23)15-9-11-16(21)12-10-15/h4-12,17H,13H2,1-3H3,(H,22,24)/t17-/m1/s1. The first-order valence-corrected chi connectivity index (χ1v) is 8.08. The van der Waals surface area contributed by atoms with Crippen molar-refractivity contribution in [3.05, 3.63) is 71.5 Å². The third-order valence-corrected chi connectivity index (χ3v) is 3.45. The summed E-state index contributed by atoms with van der Waals surface area (Å²) in [5, 5.41) is 2.75. The van der Waals surface area contributed by atoms with E-state index in [0.29, 0.717) is 5.56 Å². The van der Waals surface area contributed by atoms with Crippen LogP contribution in [0.3, 0.4) is 0 Å². The van der Waals surface area contributed by atoms with Crippen molar-refractivity contribution in [2.45, 2.75) is 38.8 Å².